The summed E-state index contributed by atoms with van der Waals surface area (Å²) in [5.74, 6) is 2.65. The van der Waals surface area contributed by atoms with Crippen LogP contribution in [-0.4, -0.2) is 51.2 Å². The van der Waals surface area contributed by atoms with E-state index in [4.69, 9.17) is 14.5 Å². The molecule has 0 amide bonds. The zero-order chi connectivity index (χ0) is 22.7. The number of fused-ring (bicyclic) bond motifs is 1. The summed E-state index contributed by atoms with van der Waals surface area (Å²) in [7, 11) is 1.32. The molecule has 3 aliphatic rings. The minimum Gasteiger partial charge on any atom is -0.491 e. The molecule has 5 heterocycles. The van der Waals surface area contributed by atoms with Crippen molar-refractivity contribution in [2.24, 2.45) is 17.8 Å². The highest BCUT2D eigenvalue weighted by atomic mass is 19.4. The topological polar surface area (TPSA) is 65.3 Å². The average Bonchev–Trinajstić information content (AvgIpc) is 3.10. The number of rotatable bonds is 6. The van der Waals surface area contributed by atoms with E-state index in [9.17, 15) is 13.2 Å². The molecular weight excluding hydrogens is 435 g/mol. The number of imidazole rings is 1. The van der Waals surface area contributed by atoms with Crippen LogP contribution in [0, 0.1) is 17.8 Å². The fourth-order valence-corrected chi connectivity index (χ4v) is 5.49. The Hall–Kier alpha value is -2.88. The van der Waals surface area contributed by atoms with Crippen LogP contribution in [0.4, 0.5) is 13.2 Å². The number of aryl methyl sites for hydroxylation is 2. The van der Waals surface area contributed by atoms with Gasteiger partial charge in [-0.05, 0) is 42.4 Å². The van der Waals surface area contributed by atoms with Crippen LogP contribution in [0.1, 0.15) is 23.4 Å². The van der Waals surface area contributed by atoms with E-state index < -0.39 is 11.7 Å². The van der Waals surface area contributed by atoms with Gasteiger partial charge < -0.3 is 14.0 Å². The number of aromatic nitrogens is 4. The van der Waals surface area contributed by atoms with Crippen molar-refractivity contribution >= 4 is 11.2 Å². The normalized spacial score (nSPS) is 24.2. The number of pyridine rings is 2. The summed E-state index contributed by atoms with van der Waals surface area (Å²) >= 11 is 0. The standard InChI is InChI=1S/C23H24F3N5O2/c1-32-18-7-14(23(24,25)26)8-28-22(18)33-12-17-15-9-30(10-16(15)17)11-19-29-21-20-13(4-5-27-21)3-2-6-31(19)20/h4-5,7-8,15-17H,2-3,6,9-12H2,1H3/t15-,16+,17?. The third-order valence-corrected chi connectivity index (χ3v) is 7.22. The lowest BCUT2D eigenvalue weighted by Gasteiger charge is -2.21. The van der Waals surface area contributed by atoms with E-state index in [-0.39, 0.29) is 11.6 Å². The molecule has 0 radical (unpaired) electrons. The first kappa shape index (κ1) is 20.7. The van der Waals surface area contributed by atoms with Crippen LogP contribution < -0.4 is 9.47 Å². The highest BCUT2D eigenvalue weighted by Gasteiger charge is 2.56. The summed E-state index contributed by atoms with van der Waals surface area (Å²) in [4.78, 5) is 15.5. The number of piperidine rings is 1. The summed E-state index contributed by atoms with van der Waals surface area (Å²) in [6, 6.07) is 3.03. The van der Waals surface area contributed by atoms with Crippen LogP contribution in [0.15, 0.2) is 24.5 Å². The maximum Gasteiger partial charge on any atom is 0.418 e. The quantitative estimate of drug-likeness (QED) is 0.562. The third-order valence-electron chi connectivity index (χ3n) is 7.22. The Morgan fingerprint density at radius 1 is 1.18 bits per heavy atom. The maximum atomic E-state index is 12.9. The van der Waals surface area contributed by atoms with Gasteiger partial charge in [0.25, 0.3) is 5.88 Å². The number of nitrogens with zero attached hydrogens (tertiary/aromatic N) is 5. The van der Waals surface area contributed by atoms with Crippen LogP contribution in [-0.2, 0) is 25.7 Å². The maximum absolute atomic E-state index is 12.9. The van der Waals surface area contributed by atoms with E-state index in [1.54, 1.807) is 0 Å². The number of methoxy groups -OCH3 is 1. The fourth-order valence-electron chi connectivity index (χ4n) is 5.49. The molecule has 7 nitrogen and oxygen atoms in total. The molecule has 0 spiro atoms. The summed E-state index contributed by atoms with van der Waals surface area (Å²) in [6.07, 6.45) is 0.376. The monoisotopic (exact) mass is 459 g/mol. The van der Waals surface area contributed by atoms with Crippen molar-refractivity contribution in [2.45, 2.75) is 32.1 Å². The smallest absolute Gasteiger partial charge is 0.418 e. The Bertz CT molecular complexity index is 1200. The molecule has 0 bridgehead atoms. The van der Waals surface area contributed by atoms with E-state index in [2.05, 4.69) is 25.5 Å². The minimum absolute atomic E-state index is 0.00517. The second-order valence-corrected chi connectivity index (χ2v) is 9.15. The molecule has 3 atom stereocenters. The number of ether oxygens (including phenoxy) is 2. The van der Waals surface area contributed by atoms with Gasteiger partial charge in [0.1, 0.15) is 5.82 Å². The zero-order valence-corrected chi connectivity index (χ0v) is 18.2. The lowest BCUT2D eigenvalue weighted by Crippen LogP contribution is -2.27. The Labute approximate surface area is 188 Å². The molecule has 0 aromatic carbocycles. The lowest BCUT2D eigenvalue weighted by atomic mass is 10.1. The fraction of sp³-hybridized carbons (Fsp3) is 0.522. The minimum atomic E-state index is -4.47. The Morgan fingerprint density at radius 2 is 2.00 bits per heavy atom. The molecule has 1 unspecified atom stereocenters. The van der Waals surface area contributed by atoms with Gasteiger partial charge in [0.05, 0.1) is 31.3 Å². The van der Waals surface area contributed by atoms with Crippen molar-refractivity contribution < 1.29 is 22.6 Å². The first-order chi connectivity index (χ1) is 15.9. The summed E-state index contributed by atoms with van der Waals surface area (Å²) in [6.45, 7) is 4.18. The summed E-state index contributed by atoms with van der Waals surface area (Å²) in [5, 5.41) is 0. The molecule has 2 fully saturated rings. The molecule has 1 saturated carbocycles. The Morgan fingerprint density at radius 3 is 2.76 bits per heavy atom. The van der Waals surface area contributed by atoms with Crippen molar-refractivity contribution in [3.63, 3.8) is 0 Å². The van der Waals surface area contributed by atoms with E-state index in [0.717, 1.165) is 62.8 Å². The highest BCUT2D eigenvalue weighted by Crippen LogP contribution is 2.52. The molecule has 6 rings (SSSR count). The van der Waals surface area contributed by atoms with Crippen molar-refractivity contribution in [2.75, 3.05) is 26.8 Å². The van der Waals surface area contributed by atoms with Gasteiger partial charge in [-0.25, -0.2) is 15.0 Å². The molecule has 3 aromatic heterocycles. The first-order valence-electron chi connectivity index (χ1n) is 11.2. The molecule has 1 aliphatic carbocycles. The van der Waals surface area contributed by atoms with E-state index in [1.165, 1.54) is 18.2 Å². The molecule has 33 heavy (non-hydrogen) atoms. The largest absolute Gasteiger partial charge is 0.491 e. The molecule has 10 heteroatoms. The molecule has 3 aromatic rings. The second-order valence-electron chi connectivity index (χ2n) is 9.15. The Balaban J connectivity index is 1.07. The van der Waals surface area contributed by atoms with E-state index in [1.807, 2.05) is 6.20 Å². The second kappa shape index (κ2) is 7.58. The predicted octanol–water partition coefficient (Wildman–Crippen LogP) is 3.56. The van der Waals surface area contributed by atoms with Gasteiger partial charge in [-0.3, -0.25) is 4.90 Å². The van der Waals surface area contributed by atoms with Gasteiger partial charge in [0.2, 0.25) is 0 Å². The first-order valence-corrected chi connectivity index (χ1v) is 11.2. The van der Waals surface area contributed by atoms with Crippen molar-refractivity contribution in [1.29, 1.82) is 0 Å². The molecule has 174 valence electrons. The van der Waals surface area contributed by atoms with Crippen molar-refractivity contribution in [3.8, 4) is 11.6 Å². The third kappa shape index (κ3) is 3.60. The summed E-state index contributed by atoms with van der Waals surface area (Å²) in [5.41, 5.74) is 2.51. The number of halogens is 3. The number of hydrogen-bond donors (Lipinski definition) is 0. The lowest BCUT2D eigenvalue weighted by molar-refractivity contribution is -0.138. The number of alkyl halides is 3. The van der Waals surface area contributed by atoms with Crippen molar-refractivity contribution in [1.82, 2.24) is 24.4 Å². The van der Waals surface area contributed by atoms with Crippen LogP contribution >= 0.6 is 0 Å². The van der Waals surface area contributed by atoms with Gasteiger partial charge in [0, 0.05) is 37.9 Å². The number of likely N-dealkylation sites (tertiary alicyclic amines) is 1. The molecule has 2 aliphatic heterocycles. The SMILES string of the molecule is COc1cc(C(F)(F)F)cnc1OCC1[C@H]2CN(Cc3nc4nccc5c4n3CCC5)C[C@@H]12. The van der Waals surface area contributed by atoms with Gasteiger partial charge in [-0.15, -0.1) is 0 Å². The van der Waals surface area contributed by atoms with E-state index in [0.29, 0.717) is 24.4 Å². The van der Waals surface area contributed by atoms with Gasteiger partial charge in [0.15, 0.2) is 11.4 Å². The predicted molar refractivity (Wildman–Crippen MR) is 113 cm³/mol. The van der Waals surface area contributed by atoms with Crippen LogP contribution in [0.5, 0.6) is 11.6 Å². The highest BCUT2D eigenvalue weighted by molar-refractivity contribution is 5.76. The zero-order valence-electron chi connectivity index (χ0n) is 18.2. The van der Waals surface area contributed by atoms with Gasteiger partial charge in [-0.2, -0.15) is 13.2 Å². The molecule has 1 saturated heterocycles. The van der Waals surface area contributed by atoms with Crippen LogP contribution in [0.3, 0.4) is 0 Å². The van der Waals surface area contributed by atoms with Gasteiger partial charge >= 0.3 is 6.18 Å². The average molecular weight is 459 g/mol. The van der Waals surface area contributed by atoms with Crippen molar-refractivity contribution in [3.05, 3.63) is 41.5 Å². The van der Waals surface area contributed by atoms with Gasteiger partial charge in [-0.1, -0.05) is 0 Å². The molecular formula is C23H24F3N5O2. The number of hydrogen-bond acceptors (Lipinski definition) is 6. The van der Waals surface area contributed by atoms with Crippen LogP contribution in [0.2, 0.25) is 0 Å². The Kier molecular flexibility index (Phi) is 4.76. The molecule has 0 N–H and O–H groups in total. The van der Waals surface area contributed by atoms with Crippen LogP contribution in [0.25, 0.3) is 11.2 Å². The summed E-state index contributed by atoms with van der Waals surface area (Å²) < 4.78 is 51.8. The van der Waals surface area contributed by atoms with E-state index >= 15 is 0 Å².